The van der Waals surface area contributed by atoms with E-state index >= 15 is 0 Å². The van der Waals surface area contributed by atoms with Crippen molar-refractivity contribution in [1.82, 2.24) is 24.9 Å². The monoisotopic (exact) mass is 385 g/mol. The predicted octanol–water partition coefficient (Wildman–Crippen LogP) is 3.08. The molecule has 4 heterocycles. The Balaban J connectivity index is 1.43. The molecule has 27 heavy (non-hydrogen) atoms. The smallest absolute Gasteiger partial charge is 0.144 e. The molecule has 4 aromatic rings. The van der Waals surface area contributed by atoms with Gasteiger partial charge in [-0.25, -0.2) is 19.3 Å². The second kappa shape index (κ2) is 5.90. The summed E-state index contributed by atoms with van der Waals surface area (Å²) >= 11 is 5.87. The van der Waals surface area contributed by atoms with Crippen LogP contribution in [0.3, 0.4) is 0 Å². The van der Waals surface area contributed by atoms with Gasteiger partial charge in [-0.2, -0.15) is 0 Å². The number of nitrogens with one attached hydrogen (secondary N) is 2. The molecule has 7 nitrogen and oxygen atoms in total. The van der Waals surface area contributed by atoms with Crippen molar-refractivity contribution in [2.45, 2.75) is 18.4 Å². The molecule has 0 saturated carbocycles. The first-order valence-electron chi connectivity index (χ1n) is 8.71. The first-order valence-corrected chi connectivity index (χ1v) is 9.08. The lowest BCUT2D eigenvalue weighted by Crippen LogP contribution is -2.49. The number of hydrogen-bond donors (Lipinski definition) is 3. The molecule has 1 aliphatic rings. The van der Waals surface area contributed by atoms with Crippen LogP contribution in [-0.2, 0) is 5.54 Å². The predicted molar refractivity (Wildman–Crippen MR) is 102 cm³/mol. The number of imidazole rings is 1. The Morgan fingerprint density at radius 3 is 2.85 bits per heavy atom. The van der Waals surface area contributed by atoms with Gasteiger partial charge in [0.15, 0.2) is 0 Å². The van der Waals surface area contributed by atoms with Crippen LogP contribution in [0.25, 0.3) is 22.1 Å². The van der Waals surface area contributed by atoms with Crippen LogP contribution in [0.2, 0.25) is 5.02 Å². The molecule has 1 fully saturated rings. The number of aromatic amines is 2. The number of hydrogen-bond acceptors (Lipinski definition) is 5. The Morgan fingerprint density at radius 1 is 1.22 bits per heavy atom. The average Bonchev–Trinajstić information content (AvgIpc) is 3.30. The maximum atomic E-state index is 13.7. The lowest BCUT2D eigenvalue weighted by molar-refractivity contribution is 0.327. The number of anilines is 1. The Hall–Kier alpha value is -2.71. The van der Waals surface area contributed by atoms with E-state index in [9.17, 15) is 4.39 Å². The van der Waals surface area contributed by atoms with E-state index in [1.165, 1.54) is 6.07 Å². The van der Waals surface area contributed by atoms with E-state index in [1.54, 1.807) is 12.4 Å². The van der Waals surface area contributed by atoms with Gasteiger partial charge in [0.25, 0.3) is 0 Å². The molecule has 4 N–H and O–H groups in total. The van der Waals surface area contributed by atoms with Crippen LogP contribution in [0.1, 0.15) is 18.7 Å². The highest BCUT2D eigenvalue weighted by Crippen LogP contribution is 2.34. The normalized spacial score (nSPS) is 17.1. The Kier molecular flexibility index (Phi) is 3.60. The molecule has 1 aliphatic heterocycles. The van der Waals surface area contributed by atoms with Gasteiger partial charge in [0.1, 0.15) is 29.4 Å². The molecule has 0 amide bonds. The summed E-state index contributed by atoms with van der Waals surface area (Å²) in [5, 5.41) is 1.06. The first kappa shape index (κ1) is 16.5. The van der Waals surface area contributed by atoms with Crippen molar-refractivity contribution in [2.75, 3.05) is 18.0 Å². The van der Waals surface area contributed by atoms with E-state index in [-0.39, 0.29) is 5.02 Å². The van der Waals surface area contributed by atoms with Crippen LogP contribution in [0.15, 0.2) is 30.7 Å². The van der Waals surface area contributed by atoms with Crippen molar-refractivity contribution < 1.29 is 4.39 Å². The molecule has 1 saturated heterocycles. The number of benzene rings is 1. The van der Waals surface area contributed by atoms with E-state index in [1.807, 2.05) is 12.3 Å². The highest BCUT2D eigenvalue weighted by Gasteiger charge is 2.36. The summed E-state index contributed by atoms with van der Waals surface area (Å²) in [6, 6.07) is 4.86. The third kappa shape index (κ3) is 2.64. The number of aromatic nitrogens is 5. The molecule has 9 heteroatoms. The fourth-order valence-electron chi connectivity index (χ4n) is 3.71. The van der Waals surface area contributed by atoms with E-state index in [4.69, 9.17) is 17.3 Å². The minimum absolute atomic E-state index is 0.0675. The summed E-state index contributed by atoms with van der Waals surface area (Å²) < 4.78 is 13.7. The molecule has 5 rings (SSSR count). The molecule has 0 spiro atoms. The number of piperidine rings is 1. The highest BCUT2D eigenvalue weighted by molar-refractivity contribution is 6.31. The van der Waals surface area contributed by atoms with E-state index in [2.05, 4.69) is 29.8 Å². The first-order chi connectivity index (χ1) is 13.0. The zero-order valence-corrected chi connectivity index (χ0v) is 15.1. The maximum Gasteiger partial charge on any atom is 0.144 e. The van der Waals surface area contributed by atoms with Crippen LogP contribution in [0.4, 0.5) is 10.2 Å². The second-order valence-electron chi connectivity index (χ2n) is 6.95. The van der Waals surface area contributed by atoms with Crippen molar-refractivity contribution in [2.24, 2.45) is 5.73 Å². The molecule has 0 aliphatic carbocycles. The minimum atomic E-state index is -0.608. The van der Waals surface area contributed by atoms with Gasteiger partial charge in [-0.05, 0) is 25.0 Å². The summed E-state index contributed by atoms with van der Waals surface area (Å²) in [5.74, 6) is 1.08. The SMILES string of the molecule is NC1(c2nc3cc(F)c(Cl)cc3[nH]2)CCN(c2ncnc3[nH]ccc23)CC1. The van der Waals surface area contributed by atoms with Crippen molar-refractivity contribution >= 4 is 39.5 Å². The molecule has 0 radical (unpaired) electrons. The Morgan fingerprint density at radius 2 is 2.04 bits per heavy atom. The average molecular weight is 386 g/mol. The summed E-state index contributed by atoms with van der Waals surface area (Å²) in [6.45, 7) is 1.47. The zero-order chi connectivity index (χ0) is 18.6. The van der Waals surface area contributed by atoms with Gasteiger partial charge < -0.3 is 20.6 Å². The van der Waals surface area contributed by atoms with Gasteiger partial charge in [0.05, 0.1) is 27.0 Å². The standard InChI is InChI=1S/C18H17ClFN7/c19-11-7-13-14(8-12(11)20)26-17(25-13)18(21)2-5-27(6-3-18)16-10-1-4-22-15(10)23-9-24-16/h1,4,7-9H,2-3,5-6,21H2,(H,25,26)(H,22,23,24). The van der Waals surface area contributed by atoms with E-state index in [0.717, 1.165) is 29.9 Å². The molecule has 0 atom stereocenters. The Bertz CT molecular complexity index is 1100. The molecule has 138 valence electrons. The van der Waals surface area contributed by atoms with Gasteiger partial charge in [0, 0.05) is 25.4 Å². The number of nitrogens with zero attached hydrogens (tertiary/aromatic N) is 4. The van der Waals surface area contributed by atoms with Gasteiger partial charge >= 0.3 is 0 Å². The molecular formula is C18H17ClFN7. The fraction of sp³-hybridized carbons (Fsp3) is 0.278. The topological polar surface area (TPSA) is 99.5 Å². The Labute approximate surface area is 158 Å². The number of rotatable bonds is 2. The van der Waals surface area contributed by atoms with Crippen molar-refractivity contribution in [1.29, 1.82) is 0 Å². The molecular weight excluding hydrogens is 369 g/mol. The largest absolute Gasteiger partial charge is 0.356 e. The quantitative estimate of drug-likeness (QED) is 0.492. The molecule has 1 aromatic carbocycles. The van der Waals surface area contributed by atoms with Crippen molar-refractivity contribution in [3.63, 3.8) is 0 Å². The number of H-pyrrole nitrogens is 2. The number of halogens is 2. The van der Waals surface area contributed by atoms with Crippen LogP contribution in [0.5, 0.6) is 0 Å². The molecule has 3 aromatic heterocycles. The van der Waals surface area contributed by atoms with Gasteiger partial charge in [-0.15, -0.1) is 0 Å². The lowest BCUT2D eigenvalue weighted by Gasteiger charge is -2.38. The van der Waals surface area contributed by atoms with Crippen LogP contribution in [-0.4, -0.2) is 38.0 Å². The van der Waals surface area contributed by atoms with Crippen LogP contribution >= 0.6 is 11.6 Å². The van der Waals surface area contributed by atoms with Gasteiger partial charge in [-0.1, -0.05) is 11.6 Å². The molecule has 0 unspecified atom stereocenters. The van der Waals surface area contributed by atoms with Crippen LogP contribution in [0, 0.1) is 5.82 Å². The summed E-state index contributed by atoms with van der Waals surface area (Å²) in [4.78, 5) is 21.7. The summed E-state index contributed by atoms with van der Waals surface area (Å²) in [6.07, 6.45) is 4.81. The molecule has 0 bridgehead atoms. The van der Waals surface area contributed by atoms with E-state index < -0.39 is 11.4 Å². The fourth-order valence-corrected chi connectivity index (χ4v) is 3.87. The number of fused-ring (bicyclic) bond motifs is 2. The minimum Gasteiger partial charge on any atom is -0.356 e. The number of nitrogens with two attached hydrogens (primary N) is 1. The summed E-state index contributed by atoms with van der Waals surface area (Å²) in [5.41, 5.74) is 8.10. The maximum absolute atomic E-state index is 13.7. The third-order valence-electron chi connectivity index (χ3n) is 5.28. The lowest BCUT2D eigenvalue weighted by atomic mass is 9.88. The zero-order valence-electron chi connectivity index (χ0n) is 14.3. The van der Waals surface area contributed by atoms with Gasteiger partial charge in [0.2, 0.25) is 0 Å². The highest BCUT2D eigenvalue weighted by atomic mass is 35.5. The second-order valence-corrected chi connectivity index (χ2v) is 7.36. The van der Waals surface area contributed by atoms with E-state index in [0.29, 0.717) is 29.7 Å². The van der Waals surface area contributed by atoms with Gasteiger partial charge in [-0.3, -0.25) is 0 Å². The van der Waals surface area contributed by atoms with Crippen LogP contribution < -0.4 is 10.6 Å². The third-order valence-corrected chi connectivity index (χ3v) is 5.57. The van der Waals surface area contributed by atoms with Crippen molar-refractivity contribution in [3.05, 3.63) is 47.4 Å². The van der Waals surface area contributed by atoms with Crippen molar-refractivity contribution in [3.8, 4) is 0 Å². The summed E-state index contributed by atoms with van der Waals surface area (Å²) in [7, 11) is 0.